The van der Waals surface area contributed by atoms with E-state index in [1.165, 1.54) is 12.8 Å². The molecule has 1 aliphatic rings. The van der Waals surface area contributed by atoms with Crippen LogP contribution in [0.1, 0.15) is 53.3 Å². The van der Waals surface area contributed by atoms with Gasteiger partial charge in [0, 0.05) is 24.1 Å². The number of nitrogens with two attached hydrogens (primary N) is 1. The van der Waals surface area contributed by atoms with Gasteiger partial charge >= 0.3 is 0 Å². The predicted molar refractivity (Wildman–Crippen MR) is 83.7 cm³/mol. The maximum absolute atomic E-state index is 5.57. The highest BCUT2D eigenvalue weighted by Crippen LogP contribution is 2.33. The Kier molecular flexibility index (Phi) is 4.18. The molecular weight excluding hydrogens is 250 g/mol. The first kappa shape index (κ1) is 15.0. The van der Waals surface area contributed by atoms with Crippen molar-refractivity contribution in [1.29, 1.82) is 0 Å². The number of hydrogen-bond acceptors (Lipinski definition) is 5. The van der Waals surface area contributed by atoms with Gasteiger partial charge in [0.15, 0.2) is 0 Å². The van der Waals surface area contributed by atoms with Crippen LogP contribution >= 0.6 is 0 Å². The number of anilines is 2. The molecule has 0 atom stereocenters. The lowest BCUT2D eigenvalue weighted by molar-refractivity contribution is 0.540. The standard InChI is InChI=1S/C15H27N5/c1-10(2)9-20(11-6-7-11)13-8-12(19-16)17-14(18-13)15(3,4)5/h8,10-11H,6-7,9,16H2,1-5H3,(H,17,18,19). The van der Waals surface area contributed by atoms with Crippen LogP contribution < -0.4 is 16.2 Å². The van der Waals surface area contributed by atoms with Gasteiger partial charge in [0.1, 0.15) is 17.5 Å². The van der Waals surface area contributed by atoms with E-state index in [4.69, 9.17) is 10.8 Å². The maximum atomic E-state index is 5.57. The molecule has 0 aromatic carbocycles. The molecule has 0 aliphatic heterocycles. The number of hydrogen-bond donors (Lipinski definition) is 2. The van der Waals surface area contributed by atoms with Gasteiger partial charge in [-0.1, -0.05) is 34.6 Å². The summed E-state index contributed by atoms with van der Waals surface area (Å²) in [5, 5.41) is 0. The normalized spacial score (nSPS) is 15.6. The fourth-order valence-corrected chi connectivity index (χ4v) is 2.20. The Morgan fingerprint density at radius 3 is 2.45 bits per heavy atom. The van der Waals surface area contributed by atoms with Gasteiger partial charge in [0.05, 0.1) is 0 Å². The Labute approximate surface area is 121 Å². The van der Waals surface area contributed by atoms with Crippen molar-refractivity contribution in [3.8, 4) is 0 Å². The molecule has 1 heterocycles. The van der Waals surface area contributed by atoms with E-state index in [-0.39, 0.29) is 5.41 Å². The average Bonchev–Trinajstić information content (AvgIpc) is 3.18. The highest BCUT2D eigenvalue weighted by Gasteiger charge is 2.31. The first-order valence-electron chi connectivity index (χ1n) is 7.44. The summed E-state index contributed by atoms with van der Waals surface area (Å²) in [4.78, 5) is 11.7. The molecule has 1 fully saturated rings. The van der Waals surface area contributed by atoms with Gasteiger partial charge in [-0.15, -0.1) is 0 Å². The molecule has 0 spiro atoms. The van der Waals surface area contributed by atoms with Gasteiger partial charge in [-0.05, 0) is 18.8 Å². The molecule has 0 unspecified atom stereocenters. The van der Waals surface area contributed by atoms with Crippen LogP contribution in [0.5, 0.6) is 0 Å². The van der Waals surface area contributed by atoms with E-state index in [2.05, 4.69) is 49.9 Å². The van der Waals surface area contributed by atoms with Crippen LogP contribution in [0.2, 0.25) is 0 Å². The minimum atomic E-state index is -0.0886. The van der Waals surface area contributed by atoms with E-state index < -0.39 is 0 Å². The van der Waals surface area contributed by atoms with E-state index in [1.54, 1.807) is 0 Å². The van der Waals surface area contributed by atoms with Crippen LogP contribution in [-0.4, -0.2) is 22.6 Å². The smallest absolute Gasteiger partial charge is 0.145 e. The van der Waals surface area contributed by atoms with Crippen LogP contribution in [0.25, 0.3) is 0 Å². The van der Waals surface area contributed by atoms with Crippen LogP contribution in [0.15, 0.2) is 6.07 Å². The number of nitrogens with zero attached hydrogens (tertiary/aromatic N) is 3. The van der Waals surface area contributed by atoms with Crippen molar-refractivity contribution >= 4 is 11.6 Å². The summed E-state index contributed by atoms with van der Waals surface area (Å²) in [5.74, 6) is 8.69. The fraction of sp³-hybridized carbons (Fsp3) is 0.733. The molecule has 5 heteroatoms. The molecule has 0 amide bonds. The van der Waals surface area contributed by atoms with Crippen LogP contribution in [0, 0.1) is 5.92 Å². The third-order valence-corrected chi connectivity index (χ3v) is 3.38. The molecule has 0 radical (unpaired) electrons. The Balaban J connectivity index is 2.37. The lowest BCUT2D eigenvalue weighted by atomic mass is 9.96. The molecule has 1 aromatic rings. The third-order valence-electron chi connectivity index (χ3n) is 3.38. The number of rotatable bonds is 5. The summed E-state index contributed by atoms with van der Waals surface area (Å²) in [6.45, 7) is 11.9. The van der Waals surface area contributed by atoms with Gasteiger partial charge in [-0.2, -0.15) is 0 Å². The minimum Gasteiger partial charge on any atom is -0.353 e. The summed E-state index contributed by atoms with van der Waals surface area (Å²) < 4.78 is 0. The molecule has 5 nitrogen and oxygen atoms in total. The van der Waals surface area contributed by atoms with Crippen LogP contribution in [-0.2, 0) is 5.41 Å². The maximum Gasteiger partial charge on any atom is 0.145 e. The lowest BCUT2D eigenvalue weighted by Gasteiger charge is -2.27. The van der Waals surface area contributed by atoms with Crippen molar-refractivity contribution in [2.75, 3.05) is 16.9 Å². The van der Waals surface area contributed by atoms with Crippen LogP contribution in [0.3, 0.4) is 0 Å². The summed E-state index contributed by atoms with van der Waals surface area (Å²) in [6, 6.07) is 2.58. The first-order chi connectivity index (χ1) is 9.31. The molecular formula is C15H27N5. The lowest BCUT2D eigenvalue weighted by Crippen LogP contribution is -2.32. The molecule has 0 saturated heterocycles. The molecule has 1 saturated carbocycles. The largest absolute Gasteiger partial charge is 0.353 e. The van der Waals surface area contributed by atoms with Gasteiger partial charge in [-0.25, -0.2) is 15.8 Å². The minimum absolute atomic E-state index is 0.0886. The van der Waals surface area contributed by atoms with Crippen molar-refractivity contribution < 1.29 is 0 Å². The molecule has 0 bridgehead atoms. The zero-order chi connectivity index (χ0) is 14.9. The SMILES string of the molecule is CC(C)CN(c1cc(NN)nc(C(C)(C)C)n1)C1CC1. The summed E-state index contributed by atoms with van der Waals surface area (Å²) >= 11 is 0. The second-order valence-electron chi connectivity index (χ2n) is 7.11. The van der Waals surface area contributed by atoms with Crippen molar-refractivity contribution in [2.45, 2.75) is 58.9 Å². The summed E-state index contributed by atoms with van der Waals surface area (Å²) in [5.41, 5.74) is 2.58. The number of nitrogen functional groups attached to an aromatic ring is 1. The van der Waals surface area contributed by atoms with E-state index in [1.807, 2.05) is 6.07 Å². The van der Waals surface area contributed by atoms with Crippen molar-refractivity contribution in [3.05, 3.63) is 11.9 Å². The Bertz CT molecular complexity index is 460. The Morgan fingerprint density at radius 1 is 1.35 bits per heavy atom. The second kappa shape index (κ2) is 5.56. The monoisotopic (exact) mass is 277 g/mol. The molecule has 3 N–H and O–H groups in total. The van der Waals surface area contributed by atoms with E-state index in [0.717, 1.165) is 18.2 Å². The molecule has 1 aliphatic carbocycles. The number of nitrogens with one attached hydrogen (secondary N) is 1. The quantitative estimate of drug-likeness (QED) is 0.640. The van der Waals surface area contributed by atoms with E-state index in [0.29, 0.717) is 17.8 Å². The van der Waals surface area contributed by atoms with Crippen molar-refractivity contribution in [1.82, 2.24) is 9.97 Å². The summed E-state index contributed by atoms with van der Waals surface area (Å²) in [7, 11) is 0. The van der Waals surface area contributed by atoms with Gasteiger partial charge < -0.3 is 10.3 Å². The highest BCUT2D eigenvalue weighted by atomic mass is 15.3. The van der Waals surface area contributed by atoms with Crippen molar-refractivity contribution in [2.24, 2.45) is 11.8 Å². The molecule has 20 heavy (non-hydrogen) atoms. The molecule has 112 valence electrons. The van der Waals surface area contributed by atoms with Crippen molar-refractivity contribution in [3.63, 3.8) is 0 Å². The van der Waals surface area contributed by atoms with Gasteiger partial charge in [-0.3, -0.25) is 0 Å². The van der Waals surface area contributed by atoms with Gasteiger partial charge in [0.25, 0.3) is 0 Å². The first-order valence-corrected chi connectivity index (χ1v) is 7.44. The number of hydrazine groups is 1. The summed E-state index contributed by atoms with van der Waals surface area (Å²) in [6.07, 6.45) is 2.51. The third kappa shape index (κ3) is 3.60. The topological polar surface area (TPSA) is 67.1 Å². The van der Waals surface area contributed by atoms with Crippen LogP contribution in [0.4, 0.5) is 11.6 Å². The highest BCUT2D eigenvalue weighted by molar-refractivity contribution is 5.51. The zero-order valence-corrected chi connectivity index (χ0v) is 13.3. The molecule has 1 aromatic heterocycles. The zero-order valence-electron chi connectivity index (χ0n) is 13.3. The fourth-order valence-electron chi connectivity index (χ4n) is 2.20. The van der Waals surface area contributed by atoms with Gasteiger partial charge in [0.2, 0.25) is 0 Å². The van der Waals surface area contributed by atoms with E-state index in [9.17, 15) is 0 Å². The Morgan fingerprint density at radius 2 is 2.00 bits per heavy atom. The Hall–Kier alpha value is -1.36. The predicted octanol–water partition coefficient (Wildman–Crippen LogP) is 2.68. The number of aromatic nitrogens is 2. The van der Waals surface area contributed by atoms with E-state index >= 15 is 0 Å². The second-order valence-corrected chi connectivity index (χ2v) is 7.11. The average molecular weight is 277 g/mol. The molecule has 2 rings (SSSR count).